The van der Waals surface area contributed by atoms with E-state index in [0.717, 1.165) is 41.5 Å². The summed E-state index contributed by atoms with van der Waals surface area (Å²) in [5, 5.41) is 2.71. The van der Waals surface area contributed by atoms with Gasteiger partial charge in [-0.2, -0.15) is 0 Å². The standard InChI is InChI=1S/C25H45N/c1-17(2)7-6-8-18(3)20-10-11-21-19-9-12-23-25(5,15-16-26-23)22(19)13-14-24(20,21)4/h17-23,26H,6-16H2,1-5H3/p+1. The Labute approximate surface area is 163 Å². The van der Waals surface area contributed by atoms with Gasteiger partial charge in [0.25, 0.3) is 0 Å². The van der Waals surface area contributed by atoms with E-state index in [9.17, 15) is 0 Å². The molecule has 3 aliphatic carbocycles. The Kier molecular flexibility index (Phi) is 5.26. The fourth-order valence-corrected chi connectivity index (χ4v) is 8.86. The maximum atomic E-state index is 2.74. The Balaban J connectivity index is 1.46. The van der Waals surface area contributed by atoms with Gasteiger partial charge in [-0.3, -0.25) is 0 Å². The number of fused-ring (bicyclic) bond motifs is 5. The topological polar surface area (TPSA) is 16.6 Å². The van der Waals surface area contributed by atoms with Crippen molar-refractivity contribution in [1.29, 1.82) is 0 Å². The molecule has 0 amide bonds. The van der Waals surface area contributed by atoms with E-state index in [-0.39, 0.29) is 0 Å². The number of hydrogen-bond acceptors (Lipinski definition) is 0. The van der Waals surface area contributed by atoms with Crippen molar-refractivity contribution in [2.24, 2.45) is 46.3 Å². The zero-order valence-electron chi connectivity index (χ0n) is 18.4. The van der Waals surface area contributed by atoms with E-state index in [0.29, 0.717) is 10.8 Å². The molecule has 0 aromatic rings. The van der Waals surface area contributed by atoms with Crippen molar-refractivity contribution in [1.82, 2.24) is 0 Å². The van der Waals surface area contributed by atoms with Crippen molar-refractivity contribution in [3.05, 3.63) is 0 Å². The molecule has 1 heterocycles. The molecular formula is C25H46N+. The molecule has 8 unspecified atom stereocenters. The van der Waals surface area contributed by atoms with E-state index in [2.05, 4.69) is 39.9 Å². The summed E-state index contributed by atoms with van der Waals surface area (Å²) in [6.45, 7) is 14.2. The second-order valence-electron chi connectivity index (χ2n) is 11.9. The Morgan fingerprint density at radius 3 is 2.38 bits per heavy atom. The van der Waals surface area contributed by atoms with Crippen LogP contribution in [0.2, 0.25) is 0 Å². The summed E-state index contributed by atoms with van der Waals surface area (Å²) in [6, 6.07) is 0.959. The molecular weight excluding hydrogens is 314 g/mol. The molecule has 1 nitrogen and oxygen atoms in total. The average Bonchev–Trinajstić information content (AvgIpc) is 3.13. The van der Waals surface area contributed by atoms with Crippen molar-refractivity contribution >= 4 is 0 Å². The highest BCUT2D eigenvalue weighted by Gasteiger charge is 2.61. The van der Waals surface area contributed by atoms with E-state index < -0.39 is 0 Å². The zero-order chi connectivity index (χ0) is 18.5. The molecule has 1 saturated heterocycles. The smallest absolute Gasteiger partial charge is 0.0918 e. The van der Waals surface area contributed by atoms with Gasteiger partial charge in [0.2, 0.25) is 0 Å². The van der Waals surface area contributed by atoms with Crippen LogP contribution in [0.1, 0.15) is 98.8 Å². The summed E-state index contributed by atoms with van der Waals surface area (Å²) >= 11 is 0. The van der Waals surface area contributed by atoms with Gasteiger partial charge in [-0.05, 0) is 73.0 Å². The predicted octanol–water partition coefficient (Wildman–Crippen LogP) is 5.64. The highest BCUT2D eigenvalue weighted by Crippen LogP contribution is 2.66. The molecule has 4 fully saturated rings. The van der Waals surface area contributed by atoms with Gasteiger partial charge in [0, 0.05) is 18.3 Å². The molecule has 4 rings (SSSR count). The number of hydrogen-bond donors (Lipinski definition) is 1. The third-order valence-electron chi connectivity index (χ3n) is 10.3. The van der Waals surface area contributed by atoms with Crippen LogP contribution in [0.25, 0.3) is 0 Å². The van der Waals surface area contributed by atoms with Crippen molar-refractivity contribution in [2.75, 3.05) is 6.54 Å². The Bertz CT molecular complexity index is 498. The van der Waals surface area contributed by atoms with Crippen LogP contribution in [-0.2, 0) is 0 Å². The second-order valence-corrected chi connectivity index (χ2v) is 11.9. The molecule has 26 heavy (non-hydrogen) atoms. The SMILES string of the molecule is CC(C)CCCC(C)C1CCC2C3CCC4[NH2+]CCC4(C)C3CCC12C. The van der Waals surface area contributed by atoms with Crippen LogP contribution in [0.5, 0.6) is 0 Å². The van der Waals surface area contributed by atoms with Crippen LogP contribution in [0.3, 0.4) is 0 Å². The second kappa shape index (κ2) is 7.09. The monoisotopic (exact) mass is 360 g/mol. The Hall–Kier alpha value is -0.0400. The molecule has 4 aliphatic rings. The predicted molar refractivity (Wildman–Crippen MR) is 111 cm³/mol. The first-order chi connectivity index (χ1) is 12.4. The summed E-state index contributed by atoms with van der Waals surface area (Å²) in [7, 11) is 0. The first-order valence-corrected chi connectivity index (χ1v) is 12.2. The van der Waals surface area contributed by atoms with Crippen molar-refractivity contribution in [2.45, 2.75) is 105 Å². The lowest BCUT2D eigenvalue weighted by atomic mass is 9.48. The quantitative estimate of drug-likeness (QED) is 0.653. The molecule has 0 bridgehead atoms. The van der Waals surface area contributed by atoms with Gasteiger partial charge in [0.15, 0.2) is 0 Å². The first-order valence-electron chi connectivity index (χ1n) is 12.2. The fourth-order valence-electron chi connectivity index (χ4n) is 8.86. The summed E-state index contributed by atoms with van der Waals surface area (Å²) in [4.78, 5) is 0. The zero-order valence-corrected chi connectivity index (χ0v) is 18.4. The lowest BCUT2D eigenvalue weighted by Gasteiger charge is -2.56. The van der Waals surface area contributed by atoms with Crippen LogP contribution in [-0.4, -0.2) is 12.6 Å². The summed E-state index contributed by atoms with van der Waals surface area (Å²) in [5.41, 5.74) is 1.34. The maximum absolute atomic E-state index is 2.74. The van der Waals surface area contributed by atoms with E-state index in [1.165, 1.54) is 38.6 Å². The van der Waals surface area contributed by atoms with Gasteiger partial charge in [-0.15, -0.1) is 0 Å². The minimum absolute atomic E-state index is 0.671. The third kappa shape index (κ3) is 2.99. The average molecular weight is 361 g/mol. The number of nitrogens with two attached hydrogens (primary N) is 1. The normalized spacial score (nSPS) is 48.9. The summed E-state index contributed by atoms with van der Waals surface area (Å²) < 4.78 is 0. The molecule has 8 atom stereocenters. The van der Waals surface area contributed by atoms with E-state index in [1.807, 2.05) is 0 Å². The van der Waals surface area contributed by atoms with Crippen molar-refractivity contribution < 1.29 is 5.32 Å². The fraction of sp³-hybridized carbons (Fsp3) is 1.00. The van der Waals surface area contributed by atoms with Crippen molar-refractivity contribution in [3.8, 4) is 0 Å². The molecule has 2 N–H and O–H groups in total. The Morgan fingerprint density at radius 2 is 1.62 bits per heavy atom. The summed E-state index contributed by atoms with van der Waals surface area (Å²) in [5.74, 6) is 6.01. The van der Waals surface area contributed by atoms with Gasteiger partial charge in [-0.1, -0.05) is 53.9 Å². The van der Waals surface area contributed by atoms with Gasteiger partial charge >= 0.3 is 0 Å². The largest absolute Gasteiger partial charge is 0.343 e. The van der Waals surface area contributed by atoms with Crippen LogP contribution in [0, 0.1) is 46.3 Å². The molecule has 0 radical (unpaired) electrons. The molecule has 1 aliphatic heterocycles. The lowest BCUT2D eigenvalue weighted by molar-refractivity contribution is -0.680. The van der Waals surface area contributed by atoms with E-state index in [4.69, 9.17) is 0 Å². The Morgan fingerprint density at radius 1 is 0.846 bits per heavy atom. The molecule has 0 spiro atoms. The van der Waals surface area contributed by atoms with Crippen molar-refractivity contribution in [3.63, 3.8) is 0 Å². The first kappa shape index (κ1) is 19.3. The molecule has 3 saturated carbocycles. The van der Waals surface area contributed by atoms with Gasteiger partial charge < -0.3 is 5.32 Å². The molecule has 0 aromatic carbocycles. The van der Waals surface area contributed by atoms with Crippen LogP contribution in [0.15, 0.2) is 0 Å². The minimum Gasteiger partial charge on any atom is -0.343 e. The molecule has 1 heteroatoms. The van der Waals surface area contributed by atoms with Crippen LogP contribution < -0.4 is 5.32 Å². The van der Waals surface area contributed by atoms with Crippen LogP contribution in [0.4, 0.5) is 0 Å². The minimum atomic E-state index is 0.671. The maximum Gasteiger partial charge on any atom is 0.0918 e. The van der Waals surface area contributed by atoms with E-state index >= 15 is 0 Å². The highest BCUT2D eigenvalue weighted by molar-refractivity contribution is 5.09. The van der Waals surface area contributed by atoms with Crippen LogP contribution >= 0.6 is 0 Å². The van der Waals surface area contributed by atoms with Gasteiger partial charge in [-0.25, -0.2) is 0 Å². The van der Waals surface area contributed by atoms with Gasteiger partial charge in [0.1, 0.15) is 0 Å². The molecule has 0 aromatic heterocycles. The van der Waals surface area contributed by atoms with E-state index in [1.54, 1.807) is 32.1 Å². The summed E-state index contributed by atoms with van der Waals surface area (Å²) in [6.07, 6.45) is 15.1. The van der Waals surface area contributed by atoms with Gasteiger partial charge in [0.05, 0.1) is 12.6 Å². The number of quaternary nitrogens is 1. The third-order valence-corrected chi connectivity index (χ3v) is 10.3. The highest BCUT2D eigenvalue weighted by atomic mass is 15.0. The number of rotatable bonds is 5. The lowest BCUT2D eigenvalue weighted by Crippen LogP contribution is -2.89. The molecule has 150 valence electrons.